The summed E-state index contributed by atoms with van der Waals surface area (Å²) in [6.45, 7) is 4.89. The Bertz CT molecular complexity index is 685. The maximum absolute atomic E-state index is 5.65. The number of guanidine groups is 1. The number of aliphatic imine (C=N–C) groups is 1. The van der Waals surface area contributed by atoms with Crippen molar-refractivity contribution >= 4 is 41.7 Å². The second-order valence-corrected chi connectivity index (χ2v) is 9.24. The van der Waals surface area contributed by atoms with Crippen molar-refractivity contribution in [2.45, 2.75) is 62.6 Å². The van der Waals surface area contributed by atoms with Crippen molar-refractivity contribution in [1.29, 1.82) is 0 Å². The van der Waals surface area contributed by atoms with E-state index >= 15 is 0 Å². The smallest absolute Gasteiger partial charge is 0.193 e. The molecule has 0 radical (unpaired) electrons. The molecule has 0 amide bonds. The number of aryl methyl sites for hydroxylation is 1. The predicted octanol–water partition coefficient (Wildman–Crippen LogP) is 3.35. The Labute approximate surface area is 195 Å². The molecule has 164 valence electrons. The molecule has 3 heterocycles. The topological polar surface area (TPSA) is 67.6 Å². The molecular weight excluding hydrogens is 499 g/mol. The van der Waals surface area contributed by atoms with Gasteiger partial charge in [-0.05, 0) is 38.4 Å². The molecule has 1 aromatic heterocycles. The van der Waals surface area contributed by atoms with Crippen LogP contribution in [0.4, 0.5) is 0 Å². The number of rotatable bonds is 6. The van der Waals surface area contributed by atoms with E-state index in [1.165, 1.54) is 38.5 Å². The zero-order valence-corrected chi connectivity index (χ0v) is 20.9. The van der Waals surface area contributed by atoms with Crippen molar-refractivity contribution in [2.24, 2.45) is 10.4 Å². The van der Waals surface area contributed by atoms with E-state index in [-0.39, 0.29) is 24.0 Å². The van der Waals surface area contributed by atoms with Crippen molar-refractivity contribution < 1.29 is 4.74 Å². The van der Waals surface area contributed by atoms with Crippen LogP contribution in [-0.4, -0.2) is 71.8 Å². The Balaban J connectivity index is 0.00000240. The highest BCUT2D eigenvalue weighted by atomic mass is 127. The summed E-state index contributed by atoms with van der Waals surface area (Å²) in [5, 5.41) is 13.6. The van der Waals surface area contributed by atoms with Gasteiger partial charge in [-0.15, -0.1) is 34.2 Å². The van der Waals surface area contributed by atoms with Crippen molar-refractivity contribution in [3.63, 3.8) is 0 Å². The summed E-state index contributed by atoms with van der Waals surface area (Å²) in [6.07, 6.45) is 11.7. The van der Waals surface area contributed by atoms with Gasteiger partial charge in [-0.1, -0.05) is 24.6 Å². The Kier molecular flexibility index (Phi) is 8.50. The van der Waals surface area contributed by atoms with Crippen molar-refractivity contribution in [2.75, 3.05) is 46.2 Å². The first-order chi connectivity index (χ1) is 13.7. The molecule has 1 unspecified atom stereocenters. The molecule has 9 heteroatoms. The number of ether oxygens (including phenoxy) is 1. The summed E-state index contributed by atoms with van der Waals surface area (Å²) in [5.74, 6) is 2.18. The molecule has 3 aliphatic rings. The first-order valence-electron chi connectivity index (χ1n) is 10.8. The van der Waals surface area contributed by atoms with Gasteiger partial charge in [0, 0.05) is 51.2 Å². The first kappa shape index (κ1) is 23.1. The lowest BCUT2D eigenvalue weighted by molar-refractivity contribution is 0.156. The molecule has 0 aromatic carbocycles. The fourth-order valence-corrected chi connectivity index (χ4v) is 5.59. The third-order valence-corrected chi connectivity index (χ3v) is 7.25. The minimum absolute atomic E-state index is 0. The van der Waals surface area contributed by atoms with Crippen LogP contribution in [0.2, 0.25) is 0 Å². The fraction of sp³-hybridized carbons (Fsp3) is 0.850. The largest absolute Gasteiger partial charge is 0.381 e. The lowest BCUT2D eigenvalue weighted by atomic mass is 9.87. The standard InChI is InChI=1S/C20H34N6OS.HI/c1-21-18(25-12-9-20(14-25)10-13-27-15-20)22-11-5-8-17-23-24-19(28-2)26(17)16-6-3-4-7-16;/h16H,3-15H2,1-2H3,(H,21,22);1H. The first-order valence-corrected chi connectivity index (χ1v) is 12.0. The molecule has 1 aromatic rings. The highest BCUT2D eigenvalue weighted by Gasteiger charge is 2.42. The number of hydrogen-bond acceptors (Lipinski definition) is 5. The molecule has 1 aliphatic carbocycles. The number of halogens is 1. The van der Waals surface area contributed by atoms with Crippen LogP contribution < -0.4 is 5.32 Å². The van der Waals surface area contributed by atoms with Gasteiger partial charge >= 0.3 is 0 Å². The molecule has 1 N–H and O–H groups in total. The molecule has 0 bridgehead atoms. The number of nitrogens with zero attached hydrogens (tertiary/aromatic N) is 5. The van der Waals surface area contributed by atoms with Crippen LogP contribution >= 0.6 is 35.7 Å². The Hall–Kier alpha value is -0.550. The van der Waals surface area contributed by atoms with E-state index in [0.717, 1.165) is 62.6 Å². The molecular formula is C20H35IN6OS. The fourth-order valence-electron chi connectivity index (χ4n) is 5.01. The summed E-state index contributed by atoms with van der Waals surface area (Å²) >= 11 is 1.71. The Morgan fingerprint density at radius 2 is 2.14 bits per heavy atom. The van der Waals surface area contributed by atoms with Gasteiger partial charge in [-0.3, -0.25) is 4.99 Å². The van der Waals surface area contributed by atoms with E-state index in [1.54, 1.807) is 11.8 Å². The van der Waals surface area contributed by atoms with Gasteiger partial charge in [-0.2, -0.15) is 0 Å². The molecule has 1 spiro atoms. The van der Waals surface area contributed by atoms with E-state index in [4.69, 9.17) is 4.74 Å². The van der Waals surface area contributed by atoms with Gasteiger partial charge < -0.3 is 19.5 Å². The molecule has 1 saturated carbocycles. The monoisotopic (exact) mass is 534 g/mol. The van der Waals surface area contributed by atoms with E-state index in [9.17, 15) is 0 Å². The molecule has 3 fully saturated rings. The highest BCUT2D eigenvalue weighted by Crippen LogP contribution is 2.38. The zero-order chi connectivity index (χ0) is 19.4. The molecule has 2 aliphatic heterocycles. The average molecular weight is 535 g/mol. The molecule has 1 atom stereocenters. The summed E-state index contributed by atoms with van der Waals surface area (Å²) < 4.78 is 8.07. The number of likely N-dealkylation sites (tertiary alicyclic amines) is 1. The minimum atomic E-state index is 0. The van der Waals surface area contributed by atoms with E-state index < -0.39 is 0 Å². The zero-order valence-electron chi connectivity index (χ0n) is 17.7. The lowest BCUT2D eigenvalue weighted by Gasteiger charge is -2.25. The van der Waals surface area contributed by atoms with Crippen LogP contribution in [0, 0.1) is 5.41 Å². The number of thioether (sulfide) groups is 1. The van der Waals surface area contributed by atoms with Crippen LogP contribution in [0.25, 0.3) is 0 Å². The molecule has 29 heavy (non-hydrogen) atoms. The van der Waals surface area contributed by atoms with Gasteiger partial charge in [-0.25, -0.2) is 0 Å². The highest BCUT2D eigenvalue weighted by molar-refractivity contribution is 14.0. The SMILES string of the molecule is CN=C(NCCCc1nnc(SC)n1C1CCCC1)N1CCC2(CCOC2)C1.I. The van der Waals surface area contributed by atoms with Crippen molar-refractivity contribution in [3.8, 4) is 0 Å². The van der Waals surface area contributed by atoms with Crippen LogP contribution in [-0.2, 0) is 11.2 Å². The summed E-state index contributed by atoms with van der Waals surface area (Å²) in [4.78, 5) is 6.93. The average Bonchev–Trinajstić information content (AvgIpc) is 3.50. The van der Waals surface area contributed by atoms with Crippen molar-refractivity contribution in [3.05, 3.63) is 5.82 Å². The van der Waals surface area contributed by atoms with E-state index in [0.29, 0.717) is 11.5 Å². The van der Waals surface area contributed by atoms with E-state index in [2.05, 4.69) is 36.2 Å². The normalized spacial score (nSPS) is 25.2. The van der Waals surface area contributed by atoms with Crippen LogP contribution in [0.15, 0.2) is 10.1 Å². The van der Waals surface area contributed by atoms with Crippen LogP contribution in [0.1, 0.15) is 56.8 Å². The lowest BCUT2D eigenvalue weighted by Crippen LogP contribution is -2.41. The van der Waals surface area contributed by atoms with Gasteiger partial charge in [0.2, 0.25) is 0 Å². The molecule has 7 nitrogen and oxygen atoms in total. The maximum atomic E-state index is 5.65. The minimum Gasteiger partial charge on any atom is -0.381 e. The predicted molar refractivity (Wildman–Crippen MR) is 128 cm³/mol. The van der Waals surface area contributed by atoms with Crippen molar-refractivity contribution in [1.82, 2.24) is 25.0 Å². The number of aromatic nitrogens is 3. The summed E-state index contributed by atoms with van der Waals surface area (Å²) in [6, 6.07) is 0.600. The van der Waals surface area contributed by atoms with Crippen LogP contribution in [0.3, 0.4) is 0 Å². The Morgan fingerprint density at radius 1 is 1.31 bits per heavy atom. The Morgan fingerprint density at radius 3 is 2.83 bits per heavy atom. The van der Waals surface area contributed by atoms with Gasteiger partial charge in [0.25, 0.3) is 0 Å². The van der Waals surface area contributed by atoms with Gasteiger partial charge in [0.15, 0.2) is 11.1 Å². The number of nitrogens with one attached hydrogen (secondary N) is 1. The second kappa shape index (κ2) is 10.7. The molecule has 4 rings (SSSR count). The van der Waals surface area contributed by atoms with E-state index in [1.807, 2.05) is 7.05 Å². The summed E-state index contributed by atoms with van der Waals surface area (Å²) in [5.41, 5.74) is 0.365. The maximum Gasteiger partial charge on any atom is 0.193 e. The second-order valence-electron chi connectivity index (χ2n) is 8.46. The summed E-state index contributed by atoms with van der Waals surface area (Å²) in [7, 11) is 1.89. The number of hydrogen-bond donors (Lipinski definition) is 1. The van der Waals surface area contributed by atoms with Crippen LogP contribution in [0.5, 0.6) is 0 Å². The molecule has 2 saturated heterocycles. The van der Waals surface area contributed by atoms with Gasteiger partial charge in [0.05, 0.1) is 6.61 Å². The third kappa shape index (κ3) is 5.20. The third-order valence-electron chi connectivity index (χ3n) is 6.60. The quantitative estimate of drug-likeness (QED) is 0.199. The van der Waals surface area contributed by atoms with Gasteiger partial charge in [0.1, 0.15) is 5.82 Å².